The summed E-state index contributed by atoms with van der Waals surface area (Å²) in [5.74, 6) is 0.680. The van der Waals surface area contributed by atoms with Gasteiger partial charge in [0.05, 0.1) is 5.56 Å². The van der Waals surface area contributed by atoms with Gasteiger partial charge in [-0.25, -0.2) is 4.98 Å². The topological polar surface area (TPSA) is 45.2 Å². The fourth-order valence-electron chi connectivity index (χ4n) is 1.69. The van der Waals surface area contributed by atoms with Gasteiger partial charge in [-0.05, 0) is 30.7 Å². The molecule has 0 aliphatic rings. The van der Waals surface area contributed by atoms with Crippen molar-refractivity contribution in [3.05, 3.63) is 53.7 Å². The van der Waals surface area contributed by atoms with E-state index < -0.39 is 0 Å². The lowest BCUT2D eigenvalue weighted by molar-refractivity contribution is 0.102. The Balaban J connectivity index is 2.14. The third kappa shape index (κ3) is 3.10. The van der Waals surface area contributed by atoms with Crippen LogP contribution in [-0.2, 0) is 0 Å². The molecule has 1 heterocycles. The van der Waals surface area contributed by atoms with Crippen LogP contribution >= 0.6 is 0 Å². The maximum atomic E-state index is 12.1. The normalized spacial score (nSPS) is 10.1. The van der Waals surface area contributed by atoms with Gasteiger partial charge in [0.2, 0.25) is 0 Å². The molecule has 1 amide bonds. The number of carbonyl (C=O) groups is 1. The Morgan fingerprint density at radius 2 is 1.89 bits per heavy atom. The van der Waals surface area contributed by atoms with Gasteiger partial charge in [-0.15, -0.1) is 0 Å². The van der Waals surface area contributed by atoms with Crippen molar-refractivity contribution in [1.82, 2.24) is 4.98 Å². The molecular weight excluding hydrogens is 238 g/mol. The van der Waals surface area contributed by atoms with E-state index >= 15 is 0 Å². The third-order valence-electron chi connectivity index (χ3n) is 2.86. The number of nitrogens with one attached hydrogen (secondary N) is 1. The fraction of sp³-hybridized carbons (Fsp3) is 0.200. The summed E-state index contributed by atoms with van der Waals surface area (Å²) in [6, 6.07) is 11.3. The first-order valence-corrected chi connectivity index (χ1v) is 6.08. The maximum Gasteiger partial charge on any atom is 0.257 e. The number of amides is 1. The van der Waals surface area contributed by atoms with Crippen molar-refractivity contribution in [3.63, 3.8) is 0 Å². The van der Waals surface area contributed by atoms with Crippen LogP contribution in [0.2, 0.25) is 0 Å². The molecule has 1 N–H and O–H groups in total. The molecule has 0 aliphatic carbocycles. The lowest BCUT2D eigenvalue weighted by Gasteiger charge is -2.11. The van der Waals surface area contributed by atoms with Gasteiger partial charge in [0.1, 0.15) is 5.82 Å². The van der Waals surface area contributed by atoms with Gasteiger partial charge in [0.15, 0.2) is 0 Å². The minimum Gasteiger partial charge on any atom is -0.363 e. The van der Waals surface area contributed by atoms with Crippen LogP contribution in [0.25, 0.3) is 0 Å². The molecular formula is C15H17N3O. The molecule has 0 spiro atoms. The van der Waals surface area contributed by atoms with Crippen LogP contribution in [0.1, 0.15) is 15.9 Å². The lowest BCUT2D eigenvalue weighted by atomic mass is 10.2. The number of hydrogen-bond donors (Lipinski definition) is 1. The Bertz CT molecular complexity index is 576. The highest BCUT2D eigenvalue weighted by Gasteiger charge is 2.08. The summed E-state index contributed by atoms with van der Waals surface area (Å²) in [5.41, 5.74) is 2.41. The van der Waals surface area contributed by atoms with Crippen molar-refractivity contribution in [2.24, 2.45) is 0 Å². The van der Waals surface area contributed by atoms with Crippen molar-refractivity contribution >= 4 is 17.4 Å². The summed E-state index contributed by atoms with van der Waals surface area (Å²) in [4.78, 5) is 18.2. The van der Waals surface area contributed by atoms with E-state index in [0.717, 1.165) is 17.1 Å². The van der Waals surface area contributed by atoms with Gasteiger partial charge in [-0.1, -0.05) is 18.2 Å². The molecule has 1 aromatic heterocycles. The van der Waals surface area contributed by atoms with E-state index in [1.165, 1.54) is 0 Å². The number of benzene rings is 1. The van der Waals surface area contributed by atoms with E-state index in [1.54, 1.807) is 12.3 Å². The predicted molar refractivity (Wildman–Crippen MR) is 77.7 cm³/mol. The zero-order chi connectivity index (χ0) is 13.8. The molecule has 0 radical (unpaired) electrons. The molecule has 4 heteroatoms. The summed E-state index contributed by atoms with van der Waals surface area (Å²) in [7, 11) is 3.82. The molecule has 19 heavy (non-hydrogen) atoms. The third-order valence-corrected chi connectivity index (χ3v) is 2.86. The van der Waals surface area contributed by atoms with Crippen LogP contribution in [0.3, 0.4) is 0 Å². The molecule has 2 rings (SSSR count). The van der Waals surface area contributed by atoms with Gasteiger partial charge in [-0.2, -0.15) is 0 Å². The standard InChI is InChI=1S/C15H17N3O/c1-11-6-4-5-7-13(11)17-15(19)12-8-9-14(16-10-12)18(2)3/h4-10H,1-3H3,(H,17,19). The molecule has 0 saturated heterocycles. The highest BCUT2D eigenvalue weighted by Crippen LogP contribution is 2.15. The monoisotopic (exact) mass is 255 g/mol. The molecule has 2 aromatic rings. The maximum absolute atomic E-state index is 12.1. The van der Waals surface area contributed by atoms with Crippen molar-refractivity contribution in [1.29, 1.82) is 0 Å². The Morgan fingerprint density at radius 1 is 1.16 bits per heavy atom. The van der Waals surface area contributed by atoms with Gasteiger partial charge < -0.3 is 10.2 Å². The first-order chi connectivity index (χ1) is 9.08. The summed E-state index contributed by atoms with van der Waals surface area (Å²) in [6.07, 6.45) is 1.59. The van der Waals surface area contributed by atoms with Gasteiger partial charge in [-0.3, -0.25) is 4.79 Å². The fourth-order valence-corrected chi connectivity index (χ4v) is 1.69. The molecule has 0 bridgehead atoms. The van der Waals surface area contributed by atoms with Crippen LogP contribution in [0.15, 0.2) is 42.6 Å². The van der Waals surface area contributed by atoms with Gasteiger partial charge >= 0.3 is 0 Å². The minimum atomic E-state index is -0.146. The van der Waals surface area contributed by atoms with E-state index in [1.807, 2.05) is 56.3 Å². The molecule has 0 unspecified atom stereocenters. The first kappa shape index (κ1) is 13.1. The van der Waals surface area contributed by atoms with Crippen molar-refractivity contribution in [2.75, 3.05) is 24.3 Å². The number of pyridine rings is 1. The van der Waals surface area contributed by atoms with Crippen LogP contribution in [0, 0.1) is 6.92 Å². The average Bonchev–Trinajstić information content (AvgIpc) is 2.41. The number of para-hydroxylation sites is 1. The zero-order valence-electron chi connectivity index (χ0n) is 11.3. The second kappa shape index (κ2) is 5.52. The summed E-state index contributed by atoms with van der Waals surface area (Å²) >= 11 is 0. The molecule has 1 aromatic carbocycles. The Morgan fingerprint density at radius 3 is 2.47 bits per heavy atom. The molecule has 4 nitrogen and oxygen atoms in total. The molecule has 0 atom stereocenters. The van der Waals surface area contributed by atoms with Gasteiger partial charge in [0, 0.05) is 26.0 Å². The number of rotatable bonds is 3. The van der Waals surface area contributed by atoms with Crippen LogP contribution in [-0.4, -0.2) is 25.0 Å². The van der Waals surface area contributed by atoms with E-state index in [0.29, 0.717) is 5.56 Å². The summed E-state index contributed by atoms with van der Waals surface area (Å²) < 4.78 is 0. The zero-order valence-corrected chi connectivity index (χ0v) is 11.3. The van der Waals surface area contributed by atoms with Crippen LogP contribution in [0.5, 0.6) is 0 Å². The minimum absolute atomic E-state index is 0.146. The summed E-state index contributed by atoms with van der Waals surface area (Å²) in [6.45, 7) is 1.96. The molecule has 0 fully saturated rings. The van der Waals surface area contributed by atoms with E-state index in [2.05, 4.69) is 10.3 Å². The van der Waals surface area contributed by atoms with Gasteiger partial charge in [0.25, 0.3) is 5.91 Å². The van der Waals surface area contributed by atoms with E-state index in [4.69, 9.17) is 0 Å². The Hall–Kier alpha value is -2.36. The van der Waals surface area contributed by atoms with Crippen molar-refractivity contribution in [2.45, 2.75) is 6.92 Å². The molecule has 0 aliphatic heterocycles. The number of aryl methyl sites for hydroxylation is 1. The predicted octanol–water partition coefficient (Wildman–Crippen LogP) is 2.71. The Labute approximate surface area is 113 Å². The largest absolute Gasteiger partial charge is 0.363 e. The average molecular weight is 255 g/mol. The second-order valence-corrected chi connectivity index (χ2v) is 4.57. The molecule has 98 valence electrons. The Kier molecular flexibility index (Phi) is 3.80. The highest BCUT2D eigenvalue weighted by molar-refractivity contribution is 6.04. The second-order valence-electron chi connectivity index (χ2n) is 4.57. The van der Waals surface area contributed by atoms with E-state index in [-0.39, 0.29) is 5.91 Å². The SMILES string of the molecule is Cc1ccccc1NC(=O)c1ccc(N(C)C)nc1. The smallest absolute Gasteiger partial charge is 0.257 e. The number of nitrogens with zero attached hydrogens (tertiary/aromatic N) is 2. The highest BCUT2D eigenvalue weighted by atomic mass is 16.1. The quantitative estimate of drug-likeness (QED) is 0.917. The van der Waals surface area contributed by atoms with Crippen LogP contribution in [0.4, 0.5) is 11.5 Å². The number of aromatic nitrogens is 1. The number of anilines is 2. The first-order valence-electron chi connectivity index (χ1n) is 6.08. The van der Waals surface area contributed by atoms with E-state index in [9.17, 15) is 4.79 Å². The summed E-state index contributed by atoms with van der Waals surface area (Å²) in [5, 5.41) is 2.88. The van der Waals surface area contributed by atoms with Crippen LogP contribution < -0.4 is 10.2 Å². The van der Waals surface area contributed by atoms with Crippen molar-refractivity contribution < 1.29 is 4.79 Å². The lowest BCUT2D eigenvalue weighted by Crippen LogP contribution is -2.15. The number of hydrogen-bond acceptors (Lipinski definition) is 3. The van der Waals surface area contributed by atoms with Crippen molar-refractivity contribution in [3.8, 4) is 0 Å². The molecule has 0 saturated carbocycles. The number of carbonyl (C=O) groups excluding carboxylic acids is 1.